The number of nitrogens with zero attached hydrogens (tertiary/aromatic N) is 2. The Kier molecular flexibility index (Phi) is 5.20. The van der Waals surface area contributed by atoms with Gasteiger partial charge in [0.2, 0.25) is 0 Å². The number of aliphatic hydroxyl groups is 1. The number of anilines is 1. The normalized spacial score (nSPS) is 12.6. The second-order valence-electron chi connectivity index (χ2n) is 4.27. The molecule has 0 aromatic heterocycles. The molecule has 1 rings (SSSR count). The molecule has 20 heavy (non-hydrogen) atoms. The number of hydrogen-bond acceptors (Lipinski definition) is 4. The number of alkyl halides is 3. The molecule has 0 aliphatic carbocycles. The van der Waals surface area contributed by atoms with Crippen LogP contribution in [0.5, 0.6) is 0 Å². The summed E-state index contributed by atoms with van der Waals surface area (Å²) in [5.74, 6) is -0.284. The van der Waals surface area contributed by atoms with Gasteiger partial charge in [-0.05, 0) is 19.1 Å². The number of aliphatic hydroxyl groups excluding tert-OH is 1. The number of aryl methyl sites for hydroxylation is 1. The number of oxime groups is 1. The number of halogens is 3. The number of hydrogen-bond donors (Lipinski definition) is 3. The largest absolute Gasteiger partial charge is 0.409 e. The molecule has 0 unspecified atom stereocenters. The highest BCUT2D eigenvalue weighted by atomic mass is 19.4. The molecule has 112 valence electrons. The molecule has 1 aromatic rings. The van der Waals surface area contributed by atoms with Gasteiger partial charge in [0.25, 0.3) is 0 Å². The second kappa shape index (κ2) is 6.47. The standard InChI is InChI=1S/C12H16F3N3O2/c1-8-2-3-10(9(6-8)11(16)17-20)18(4-5-19)7-12(13,14)15/h2-3,6,19-20H,4-5,7H2,1H3,(H2,16,17). The number of amidine groups is 1. The fourth-order valence-corrected chi connectivity index (χ4v) is 1.81. The summed E-state index contributed by atoms with van der Waals surface area (Å²) in [7, 11) is 0. The van der Waals surface area contributed by atoms with Gasteiger partial charge in [-0.15, -0.1) is 0 Å². The third-order valence-corrected chi connectivity index (χ3v) is 2.62. The molecule has 0 amide bonds. The molecule has 0 aliphatic rings. The average Bonchev–Trinajstić information content (AvgIpc) is 2.35. The summed E-state index contributed by atoms with van der Waals surface area (Å²) in [4.78, 5) is 0.937. The minimum atomic E-state index is -4.43. The monoisotopic (exact) mass is 291 g/mol. The van der Waals surface area contributed by atoms with Gasteiger partial charge in [-0.1, -0.05) is 16.8 Å². The van der Waals surface area contributed by atoms with Gasteiger partial charge in [0.05, 0.1) is 6.61 Å². The van der Waals surface area contributed by atoms with Crippen molar-refractivity contribution in [2.24, 2.45) is 10.9 Å². The van der Waals surface area contributed by atoms with E-state index in [2.05, 4.69) is 5.16 Å². The number of nitrogens with two attached hydrogens (primary N) is 1. The number of rotatable bonds is 5. The fourth-order valence-electron chi connectivity index (χ4n) is 1.81. The van der Waals surface area contributed by atoms with Crippen LogP contribution in [0.15, 0.2) is 23.4 Å². The Morgan fingerprint density at radius 3 is 2.55 bits per heavy atom. The van der Waals surface area contributed by atoms with E-state index >= 15 is 0 Å². The first-order chi connectivity index (χ1) is 9.28. The molecule has 0 fully saturated rings. The Labute approximate surface area is 114 Å². The van der Waals surface area contributed by atoms with E-state index in [-0.39, 0.29) is 23.6 Å². The molecule has 0 atom stereocenters. The van der Waals surface area contributed by atoms with E-state index < -0.39 is 19.3 Å². The van der Waals surface area contributed by atoms with Crippen molar-refractivity contribution in [1.82, 2.24) is 0 Å². The molecule has 0 aliphatic heterocycles. The molecule has 0 radical (unpaired) electrons. The van der Waals surface area contributed by atoms with Gasteiger partial charge >= 0.3 is 6.18 Å². The van der Waals surface area contributed by atoms with Gasteiger partial charge in [-0.3, -0.25) is 0 Å². The Morgan fingerprint density at radius 2 is 2.05 bits per heavy atom. The van der Waals surface area contributed by atoms with E-state index in [0.717, 1.165) is 10.5 Å². The lowest BCUT2D eigenvalue weighted by Crippen LogP contribution is -2.37. The highest BCUT2D eigenvalue weighted by molar-refractivity contribution is 6.02. The van der Waals surface area contributed by atoms with Crippen molar-refractivity contribution in [1.29, 1.82) is 0 Å². The van der Waals surface area contributed by atoms with Crippen molar-refractivity contribution in [3.05, 3.63) is 29.3 Å². The van der Waals surface area contributed by atoms with Crippen molar-refractivity contribution in [2.75, 3.05) is 24.6 Å². The van der Waals surface area contributed by atoms with Crippen molar-refractivity contribution >= 4 is 11.5 Å². The van der Waals surface area contributed by atoms with Gasteiger partial charge < -0.3 is 20.9 Å². The van der Waals surface area contributed by atoms with E-state index in [1.807, 2.05) is 0 Å². The SMILES string of the molecule is Cc1ccc(N(CCO)CC(F)(F)F)c(/C(N)=N/O)c1. The van der Waals surface area contributed by atoms with Crippen LogP contribution in [0.25, 0.3) is 0 Å². The van der Waals surface area contributed by atoms with Crippen molar-refractivity contribution in [3.63, 3.8) is 0 Å². The van der Waals surface area contributed by atoms with Crippen molar-refractivity contribution in [3.8, 4) is 0 Å². The molecule has 0 bridgehead atoms. The molecule has 0 saturated heterocycles. The van der Waals surface area contributed by atoms with Crippen molar-refractivity contribution < 1.29 is 23.5 Å². The third kappa shape index (κ3) is 4.30. The van der Waals surface area contributed by atoms with Crippen LogP contribution in [0.1, 0.15) is 11.1 Å². The lowest BCUT2D eigenvalue weighted by Gasteiger charge is -2.27. The minimum absolute atomic E-state index is 0.150. The van der Waals surface area contributed by atoms with E-state index in [0.29, 0.717) is 0 Å². The van der Waals surface area contributed by atoms with Gasteiger partial charge in [-0.25, -0.2) is 0 Å². The summed E-state index contributed by atoms with van der Waals surface area (Å²) in [6.45, 7) is -0.158. The zero-order chi connectivity index (χ0) is 15.3. The average molecular weight is 291 g/mol. The quantitative estimate of drug-likeness (QED) is 0.332. The molecule has 0 spiro atoms. The van der Waals surface area contributed by atoms with E-state index in [4.69, 9.17) is 16.0 Å². The topological polar surface area (TPSA) is 82.1 Å². The predicted octanol–water partition coefficient (Wildman–Crippen LogP) is 1.45. The molecule has 0 saturated carbocycles. The summed E-state index contributed by atoms with van der Waals surface area (Å²) in [6, 6.07) is 4.58. The van der Waals surface area contributed by atoms with E-state index in [1.54, 1.807) is 13.0 Å². The summed E-state index contributed by atoms with van der Waals surface area (Å²) >= 11 is 0. The molecular formula is C12H16F3N3O2. The van der Waals surface area contributed by atoms with Gasteiger partial charge in [0.15, 0.2) is 5.84 Å². The molecule has 1 aromatic carbocycles. The molecular weight excluding hydrogens is 275 g/mol. The highest BCUT2D eigenvalue weighted by Crippen LogP contribution is 2.26. The van der Waals surface area contributed by atoms with Crippen LogP contribution in [0.4, 0.5) is 18.9 Å². The van der Waals surface area contributed by atoms with Crippen molar-refractivity contribution in [2.45, 2.75) is 13.1 Å². The Morgan fingerprint density at radius 1 is 1.40 bits per heavy atom. The second-order valence-corrected chi connectivity index (χ2v) is 4.27. The molecule has 0 heterocycles. The summed E-state index contributed by atoms with van der Waals surface area (Å²) in [5, 5.41) is 20.5. The first kappa shape index (κ1) is 16.1. The van der Waals surface area contributed by atoms with Gasteiger partial charge in [0.1, 0.15) is 6.54 Å². The van der Waals surface area contributed by atoms with Gasteiger partial charge in [0, 0.05) is 17.8 Å². The Hall–Kier alpha value is -1.96. The van der Waals surface area contributed by atoms with Gasteiger partial charge in [-0.2, -0.15) is 13.2 Å². The highest BCUT2D eigenvalue weighted by Gasteiger charge is 2.31. The van der Waals surface area contributed by atoms with E-state index in [1.165, 1.54) is 12.1 Å². The number of benzene rings is 1. The van der Waals surface area contributed by atoms with Crippen LogP contribution in [-0.2, 0) is 0 Å². The summed E-state index contributed by atoms with van der Waals surface area (Å²) < 4.78 is 37.7. The minimum Gasteiger partial charge on any atom is -0.409 e. The summed E-state index contributed by atoms with van der Waals surface area (Å²) in [5.41, 5.74) is 6.58. The zero-order valence-corrected chi connectivity index (χ0v) is 10.9. The maximum atomic E-state index is 12.6. The maximum Gasteiger partial charge on any atom is 0.405 e. The molecule has 5 nitrogen and oxygen atoms in total. The smallest absolute Gasteiger partial charge is 0.405 e. The van der Waals surface area contributed by atoms with Crippen LogP contribution in [-0.4, -0.2) is 42.0 Å². The summed E-state index contributed by atoms with van der Waals surface area (Å²) in [6.07, 6.45) is -4.43. The fraction of sp³-hybridized carbons (Fsp3) is 0.417. The van der Waals surface area contributed by atoms with E-state index in [9.17, 15) is 13.2 Å². The van der Waals surface area contributed by atoms with Crippen LogP contribution in [0.2, 0.25) is 0 Å². The van der Waals surface area contributed by atoms with Crippen LogP contribution in [0, 0.1) is 6.92 Å². The zero-order valence-electron chi connectivity index (χ0n) is 10.9. The lowest BCUT2D eigenvalue weighted by atomic mass is 10.1. The first-order valence-corrected chi connectivity index (χ1v) is 5.79. The maximum absolute atomic E-state index is 12.6. The Balaban J connectivity index is 3.25. The first-order valence-electron chi connectivity index (χ1n) is 5.79. The van der Waals surface area contributed by atoms with Crippen LogP contribution in [0.3, 0.4) is 0 Å². The Bertz CT molecular complexity index is 489. The molecule has 4 N–H and O–H groups in total. The lowest BCUT2D eigenvalue weighted by molar-refractivity contribution is -0.119. The molecule has 8 heteroatoms. The van der Waals surface area contributed by atoms with Crippen LogP contribution >= 0.6 is 0 Å². The predicted molar refractivity (Wildman–Crippen MR) is 69.0 cm³/mol. The van der Waals surface area contributed by atoms with Crippen LogP contribution < -0.4 is 10.6 Å². The third-order valence-electron chi connectivity index (χ3n) is 2.62.